The Balaban J connectivity index is 2.36. The number of alkyl halides is 7. The average Bonchev–Trinajstić information content (AvgIpc) is 2.92. The van der Waals surface area contributed by atoms with Gasteiger partial charge in [0.1, 0.15) is 0 Å². The molecule has 0 fully saturated rings. The van der Waals surface area contributed by atoms with Crippen molar-refractivity contribution < 1.29 is 36.2 Å². The maximum atomic E-state index is 13.5. The number of hydrogen-bond donors (Lipinski definition) is 1. The van der Waals surface area contributed by atoms with Gasteiger partial charge in [-0.05, 0) is 29.4 Å². The van der Waals surface area contributed by atoms with Crippen LogP contribution in [0, 0.1) is 5.92 Å². The third kappa shape index (κ3) is 5.44. The third-order valence-corrected chi connectivity index (χ3v) is 4.56. The molecule has 0 aliphatic carbocycles. The third-order valence-electron chi connectivity index (χ3n) is 3.79. The second-order valence-electron chi connectivity index (χ2n) is 5.70. The van der Waals surface area contributed by atoms with Gasteiger partial charge < -0.3 is 9.84 Å². The van der Waals surface area contributed by atoms with E-state index in [1.54, 1.807) is 0 Å². The molecule has 0 spiro atoms. The van der Waals surface area contributed by atoms with Crippen LogP contribution < -0.4 is 5.01 Å². The van der Waals surface area contributed by atoms with Crippen LogP contribution in [0.15, 0.2) is 29.6 Å². The lowest BCUT2D eigenvalue weighted by molar-refractivity contribution is -0.237. The summed E-state index contributed by atoms with van der Waals surface area (Å²) >= 11 is 2.03. The topological polar surface area (TPSA) is 58.0 Å². The summed E-state index contributed by atoms with van der Waals surface area (Å²) in [7, 11) is 0. The van der Waals surface area contributed by atoms with Gasteiger partial charge >= 0.3 is 12.4 Å². The van der Waals surface area contributed by atoms with Crippen LogP contribution in [0.1, 0.15) is 12.8 Å². The fourth-order valence-corrected chi connectivity index (χ4v) is 3.14. The molecular weight excluding hydrogens is 495 g/mol. The number of anilines is 1. The minimum atomic E-state index is -5.16. The molecule has 1 aromatic heterocycles. The fraction of sp³-hybridized carbons (Fsp3) is 0.600. The molecule has 1 aliphatic rings. The summed E-state index contributed by atoms with van der Waals surface area (Å²) in [5, 5.41) is 14.0. The van der Waals surface area contributed by atoms with E-state index < -0.39 is 36.3 Å². The smallest absolute Gasteiger partial charge is 0.371 e. The Hall–Kier alpha value is -1.15. The minimum Gasteiger partial charge on any atom is -0.371 e. The van der Waals surface area contributed by atoms with Crippen molar-refractivity contribution in [2.75, 3.05) is 16.0 Å². The molecule has 0 aromatic carbocycles. The summed E-state index contributed by atoms with van der Waals surface area (Å²) in [4.78, 5) is 3.68. The molecular formula is C15H16F6IN3O2. The van der Waals surface area contributed by atoms with Crippen molar-refractivity contribution in [1.29, 1.82) is 0 Å². The summed E-state index contributed by atoms with van der Waals surface area (Å²) in [6.45, 7) is -0.378. The van der Waals surface area contributed by atoms with Crippen molar-refractivity contribution in [2.24, 2.45) is 11.0 Å². The van der Waals surface area contributed by atoms with Gasteiger partial charge in [0, 0.05) is 19.0 Å². The van der Waals surface area contributed by atoms with Gasteiger partial charge in [-0.1, -0.05) is 22.6 Å². The molecule has 0 bridgehead atoms. The van der Waals surface area contributed by atoms with E-state index in [0.717, 1.165) is 0 Å². The lowest BCUT2D eigenvalue weighted by Crippen LogP contribution is -2.51. The SMILES string of the molecule is OC1C(C(OCCCCI)C(F)(F)F)C(C(F)(F)F)=NN1c1ccncc1. The second kappa shape index (κ2) is 8.90. The molecule has 5 nitrogen and oxygen atoms in total. The molecule has 0 saturated carbocycles. The molecule has 12 heteroatoms. The van der Waals surface area contributed by atoms with Gasteiger partial charge in [-0.2, -0.15) is 31.4 Å². The summed E-state index contributed by atoms with van der Waals surface area (Å²) in [5.41, 5.74) is -1.75. The van der Waals surface area contributed by atoms with Crippen LogP contribution in [0.2, 0.25) is 0 Å². The standard InChI is InChI=1S/C15H16F6IN3O2/c16-14(17,18)11-10(12(15(19,20)21)27-8-2-1-5-22)13(26)25(24-11)9-3-6-23-7-4-9/h3-4,6-7,10,12-13,26H,1-2,5,8H2. The van der Waals surface area contributed by atoms with E-state index >= 15 is 0 Å². The predicted octanol–water partition coefficient (Wildman–Crippen LogP) is 3.92. The Bertz CT molecular complexity index is 641. The van der Waals surface area contributed by atoms with Gasteiger partial charge in [0.05, 0.1) is 11.6 Å². The van der Waals surface area contributed by atoms with Crippen molar-refractivity contribution in [3.05, 3.63) is 24.5 Å². The van der Waals surface area contributed by atoms with E-state index in [4.69, 9.17) is 4.74 Å². The Morgan fingerprint density at radius 2 is 1.78 bits per heavy atom. The highest BCUT2D eigenvalue weighted by atomic mass is 127. The van der Waals surface area contributed by atoms with Crippen molar-refractivity contribution in [3.63, 3.8) is 0 Å². The van der Waals surface area contributed by atoms with Gasteiger partial charge in [0.25, 0.3) is 0 Å². The van der Waals surface area contributed by atoms with E-state index in [1.165, 1.54) is 24.5 Å². The first kappa shape index (κ1) is 22.1. The second-order valence-corrected chi connectivity index (χ2v) is 6.78. The fourth-order valence-electron chi connectivity index (χ4n) is 2.60. The van der Waals surface area contributed by atoms with Gasteiger partial charge in [-0.25, -0.2) is 5.01 Å². The number of hydrazone groups is 1. The highest BCUT2D eigenvalue weighted by Gasteiger charge is 2.59. The number of aromatic nitrogens is 1. The predicted molar refractivity (Wildman–Crippen MR) is 93.6 cm³/mol. The summed E-state index contributed by atoms with van der Waals surface area (Å²) in [6, 6.07) is 2.46. The van der Waals surface area contributed by atoms with Crippen molar-refractivity contribution >= 4 is 34.0 Å². The van der Waals surface area contributed by atoms with Crippen LogP contribution in [0.5, 0.6) is 0 Å². The van der Waals surface area contributed by atoms with E-state index in [0.29, 0.717) is 15.9 Å². The van der Waals surface area contributed by atoms with E-state index in [-0.39, 0.29) is 18.7 Å². The number of rotatable bonds is 7. The zero-order valence-corrected chi connectivity index (χ0v) is 15.9. The first-order valence-electron chi connectivity index (χ1n) is 7.84. The highest BCUT2D eigenvalue weighted by Crippen LogP contribution is 2.41. The van der Waals surface area contributed by atoms with Crippen molar-refractivity contribution in [1.82, 2.24) is 4.98 Å². The van der Waals surface area contributed by atoms with E-state index in [2.05, 4.69) is 10.1 Å². The average molecular weight is 511 g/mol. The zero-order valence-electron chi connectivity index (χ0n) is 13.7. The molecule has 1 N–H and O–H groups in total. The molecule has 2 heterocycles. The van der Waals surface area contributed by atoms with Gasteiger partial charge in [-0.15, -0.1) is 0 Å². The molecule has 0 radical (unpaired) electrons. The van der Waals surface area contributed by atoms with Gasteiger partial charge in [-0.3, -0.25) is 4.98 Å². The molecule has 152 valence electrons. The number of aliphatic hydroxyl groups excluding tert-OH is 1. The van der Waals surface area contributed by atoms with Crippen LogP contribution in [0.3, 0.4) is 0 Å². The van der Waals surface area contributed by atoms with Gasteiger partial charge in [0.15, 0.2) is 18.0 Å². The van der Waals surface area contributed by atoms with Crippen molar-refractivity contribution in [3.8, 4) is 0 Å². The summed E-state index contributed by atoms with van der Waals surface area (Å²) in [6.07, 6.45) is -12.1. The normalized spacial score (nSPS) is 22.1. The van der Waals surface area contributed by atoms with E-state index in [1.807, 2.05) is 22.6 Å². The number of pyridine rings is 1. The number of nitrogens with zero attached hydrogens (tertiary/aromatic N) is 3. The van der Waals surface area contributed by atoms with E-state index in [9.17, 15) is 31.4 Å². The molecule has 27 heavy (non-hydrogen) atoms. The molecule has 3 unspecified atom stereocenters. The maximum absolute atomic E-state index is 13.5. The Kier molecular flexibility index (Phi) is 7.30. The monoisotopic (exact) mass is 511 g/mol. The van der Waals surface area contributed by atoms with Gasteiger partial charge in [0.2, 0.25) is 0 Å². The zero-order chi connectivity index (χ0) is 20.2. The number of unbranched alkanes of at least 4 members (excludes halogenated alkanes) is 1. The first-order chi connectivity index (χ1) is 12.6. The lowest BCUT2D eigenvalue weighted by atomic mass is 9.94. The van der Waals surface area contributed by atoms with Crippen LogP contribution >= 0.6 is 22.6 Å². The van der Waals surface area contributed by atoms with Crippen LogP contribution in [0.4, 0.5) is 32.0 Å². The summed E-state index contributed by atoms with van der Waals surface area (Å²) < 4.78 is 85.9. The summed E-state index contributed by atoms with van der Waals surface area (Å²) in [5.74, 6) is -2.43. The lowest BCUT2D eigenvalue weighted by Gasteiger charge is -2.31. The molecule has 3 atom stereocenters. The minimum absolute atomic E-state index is 0.0208. The first-order valence-corrected chi connectivity index (χ1v) is 9.37. The molecule has 2 rings (SSSR count). The molecule has 0 saturated heterocycles. The maximum Gasteiger partial charge on any atom is 0.431 e. The number of hydrogen-bond acceptors (Lipinski definition) is 5. The van der Waals surface area contributed by atoms with Crippen LogP contribution in [-0.2, 0) is 4.74 Å². The van der Waals surface area contributed by atoms with Crippen molar-refractivity contribution in [2.45, 2.75) is 37.5 Å². The Morgan fingerprint density at radius 1 is 1.15 bits per heavy atom. The molecule has 0 amide bonds. The highest BCUT2D eigenvalue weighted by molar-refractivity contribution is 14.1. The Morgan fingerprint density at radius 3 is 2.30 bits per heavy atom. The number of aliphatic hydroxyl groups is 1. The molecule has 1 aliphatic heterocycles. The van der Waals surface area contributed by atoms with Crippen LogP contribution in [0.25, 0.3) is 0 Å². The largest absolute Gasteiger partial charge is 0.431 e. The number of ether oxygens (including phenoxy) is 1. The quantitative estimate of drug-likeness (QED) is 0.261. The molecule has 1 aromatic rings. The van der Waals surface area contributed by atoms with Crippen LogP contribution in [-0.4, -0.2) is 51.5 Å². The Labute approximate surface area is 164 Å². The number of halogens is 7.